The molecule has 1 saturated heterocycles. The first kappa shape index (κ1) is 15.2. The van der Waals surface area contributed by atoms with Crippen LogP contribution in [0.15, 0.2) is 18.2 Å². The molecule has 120 valence electrons. The Kier molecular flexibility index (Phi) is 4.25. The first-order valence-electron chi connectivity index (χ1n) is 7.82. The summed E-state index contributed by atoms with van der Waals surface area (Å²) < 4.78 is 16.3. The summed E-state index contributed by atoms with van der Waals surface area (Å²) in [6.45, 7) is 1.17. The average molecular weight is 306 g/mol. The molecular formula is C17H22O5. The average Bonchev–Trinajstić information content (AvgIpc) is 2.51. The third-order valence-corrected chi connectivity index (χ3v) is 4.73. The molecule has 1 aliphatic heterocycles. The zero-order chi connectivity index (χ0) is 15.6. The minimum Gasteiger partial charge on any atom is -0.493 e. The number of aliphatic carboxylic acids is 1. The van der Waals surface area contributed by atoms with Crippen molar-refractivity contribution in [3.05, 3.63) is 23.8 Å². The predicted octanol–water partition coefficient (Wildman–Crippen LogP) is 2.76. The summed E-state index contributed by atoms with van der Waals surface area (Å²) >= 11 is 0. The Morgan fingerprint density at radius 2 is 1.95 bits per heavy atom. The Labute approximate surface area is 130 Å². The van der Waals surface area contributed by atoms with E-state index in [1.807, 2.05) is 18.2 Å². The standard InChI is InChI=1S/C17H22O5/c1-20-15-9-12(5-6-14(15)22-13-10-21-11-13)17(16(18)19)7-3-2-4-8-17/h5-6,9,13H,2-4,7-8,10-11H2,1H3,(H,18,19). The fraction of sp³-hybridized carbons (Fsp3) is 0.588. The van der Waals surface area contributed by atoms with E-state index < -0.39 is 11.4 Å². The molecule has 22 heavy (non-hydrogen) atoms. The SMILES string of the molecule is COc1cc(C2(C(=O)O)CCCCC2)ccc1OC1COC1. The van der Waals surface area contributed by atoms with E-state index in [0.717, 1.165) is 24.8 Å². The molecule has 0 amide bonds. The molecule has 1 aromatic carbocycles. The zero-order valence-electron chi connectivity index (χ0n) is 12.8. The molecule has 1 aromatic rings. The van der Waals surface area contributed by atoms with E-state index in [-0.39, 0.29) is 6.10 Å². The van der Waals surface area contributed by atoms with Gasteiger partial charge in [0.25, 0.3) is 0 Å². The molecule has 0 bridgehead atoms. The second-order valence-electron chi connectivity index (χ2n) is 6.09. The summed E-state index contributed by atoms with van der Waals surface area (Å²) in [7, 11) is 1.58. The maximum absolute atomic E-state index is 11.9. The van der Waals surface area contributed by atoms with Gasteiger partial charge >= 0.3 is 5.97 Å². The van der Waals surface area contributed by atoms with Crippen LogP contribution in [0.4, 0.5) is 0 Å². The van der Waals surface area contributed by atoms with Crippen molar-refractivity contribution < 1.29 is 24.1 Å². The highest BCUT2D eigenvalue weighted by atomic mass is 16.6. The first-order chi connectivity index (χ1) is 10.7. The number of ether oxygens (including phenoxy) is 3. The van der Waals surface area contributed by atoms with Gasteiger partial charge in [-0.15, -0.1) is 0 Å². The van der Waals surface area contributed by atoms with Gasteiger partial charge in [0.15, 0.2) is 11.5 Å². The molecule has 3 rings (SSSR count). The van der Waals surface area contributed by atoms with Gasteiger partial charge in [-0.05, 0) is 30.5 Å². The molecule has 0 atom stereocenters. The van der Waals surface area contributed by atoms with Gasteiger partial charge in [-0.1, -0.05) is 25.3 Å². The summed E-state index contributed by atoms with van der Waals surface area (Å²) in [5.74, 6) is 0.502. The zero-order valence-corrected chi connectivity index (χ0v) is 12.8. The van der Waals surface area contributed by atoms with Gasteiger partial charge in [0, 0.05) is 0 Å². The third-order valence-electron chi connectivity index (χ3n) is 4.73. The number of hydrogen-bond donors (Lipinski definition) is 1. The van der Waals surface area contributed by atoms with Gasteiger partial charge in [0.05, 0.1) is 25.7 Å². The van der Waals surface area contributed by atoms with Crippen LogP contribution in [0.25, 0.3) is 0 Å². The Hall–Kier alpha value is -1.75. The fourth-order valence-electron chi connectivity index (χ4n) is 3.31. The van der Waals surface area contributed by atoms with Gasteiger partial charge < -0.3 is 19.3 Å². The van der Waals surface area contributed by atoms with Crippen molar-refractivity contribution in [1.29, 1.82) is 0 Å². The fourth-order valence-corrected chi connectivity index (χ4v) is 3.31. The smallest absolute Gasteiger partial charge is 0.314 e. The molecule has 5 heteroatoms. The van der Waals surface area contributed by atoms with Crippen molar-refractivity contribution in [2.75, 3.05) is 20.3 Å². The van der Waals surface area contributed by atoms with E-state index in [0.29, 0.717) is 37.6 Å². The van der Waals surface area contributed by atoms with E-state index >= 15 is 0 Å². The van der Waals surface area contributed by atoms with Gasteiger partial charge in [-0.2, -0.15) is 0 Å². The number of hydrogen-bond acceptors (Lipinski definition) is 4. The number of benzene rings is 1. The van der Waals surface area contributed by atoms with Gasteiger partial charge in [0.1, 0.15) is 6.10 Å². The summed E-state index contributed by atoms with van der Waals surface area (Å²) in [5.41, 5.74) is 0.0256. The molecule has 1 saturated carbocycles. The van der Waals surface area contributed by atoms with Gasteiger partial charge in [-0.3, -0.25) is 4.79 Å². The Morgan fingerprint density at radius 3 is 2.50 bits per heavy atom. The first-order valence-corrected chi connectivity index (χ1v) is 7.82. The second kappa shape index (κ2) is 6.16. The van der Waals surface area contributed by atoms with Crippen LogP contribution in [-0.2, 0) is 14.9 Å². The number of carboxylic acid groups (broad SMARTS) is 1. The Morgan fingerprint density at radius 1 is 1.23 bits per heavy atom. The third kappa shape index (κ3) is 2.65. The lowest BCUT2D eigenvalue weighted by atomic mass is 9.69. The normalized spacial score (nSPS) is 21.0. The maximum Gasteiger partial charge on any atom is 0.314 e. The second-order valence-corrected chi connectivity index (χ2v) is 6.09. The number of carbonyl (C=O) groups is 1. The topological polar surface area (TPSA) is 65.0 Å². The minimum atomic E-state index is -0.788. The van der Waals surface area contributed by atoms with Crippen molar-refractivity contribution >= 4 is 5.97 Å². The van der Waals surface area contributed by atoms with Crippen LogP contribution < -0.4 is 9.47 Å². The van der Waals surface area contributed by atoms with Crippen LogP contribution >= 0.6 is 0 Å². The van der Waals surface area contributed by atoms with Crippen molar-refractivity contribution in [2.45, 2.75) is 43.6 Å². The van der Waals surface area contributed by atoms with Crippen molar-refractivity contribution in [1.82, 2.24) is 0 Å². The summed E-state index contributed by atoms with van der Waals surface area (Å²) in [5, 5.41) is 9.78. The van der Waals surface area contributed by atoms with E-state index in [2.05, 4.69) is 0 Å². The highest BCUT2D eigenvalue weighted by molar-refractivity contribution is 5.82. The van der Waals surface area contributed by atoms with Gasteiger partial charge in [-0.25, -0.2) is 0 Å². The lowest BCUT2D eigenvalue weighted by molar-refractivity contribution is -0.145. The highest BCUT2D eigenvalue weighted by Crippen LogP contribution is 2.42. The van der Waals surface area contributed by atoms with E-state index in [4.69, 9.17) is 14.2 Å². The quantitative estimate of drug-likeness (QED) is 0.906. The predicted molar refractivity (Wildman–Crippen MR) is 80.6 cm³/mol. The number of rotatable bonds is 5. The molecule has 0 radical (unpaired) electrons. The van der Waals surface area contributed by atoms with Crippen LogP contribution in [0, 0.1) is 0 Å². The molecule has 1 N–H and O–H groups in total. The van der Waals surface area contributed by atoms with E-state index in [1.165, 1.54) is 0 Å². The molecule has 0 unspecified atom stereocenters. The van der Waals surface area contributed by atoms with Crippen molar-refractivity contribution in [3.8, 4) is 11.5 Å². The van der Waals surface area contributed by atoms with Crippen LogP contribution in [0.1, 0.15) is 37.7 Å². The molecule has 2 aliphatic rings. The maximum atomic E-state index is 11.9. The van der Waals surface area contributed by atoms with Crippen molar-refractivity contribution in [2.24, 2.45) is 0 Å². The molecular weight excluding hydrogens is 284 g/mol. The number of methoxy groups -OCH3 is 1. The Balaban J connectivity index is 1.90. The molecule has 1 aliphatic carbocycles. The van der Waals surface area contributed by atoms with E-state index in [1.54, 1.807) is 7.11 Å². The van der Waals surface area contributed by atoms with Crippen molar-refractivity contribution in [3.63, 3.8) is 0 Å². The molecule has 5 nitrogen and oxygen atoms in total. The summed E-state index contributed by atoms with van der Waals surface area (Å²) in [4.78, 5) is 11.9. The van der Waals surface area contributed by atoms with E-state index in [9.17, 15) is 9.90 Å². The van der Waals surface area contributed by atoms with Crippen LogP contribution in [0.5, 0.6) is 11.5 Å². The highest BCUT2D eigenvalue weighted by Gasteiger charge is 2.41. The Bertz CT molecular complexity index is 544. The molecule has 0 aromatic heterocycles. The summed E-state index contributed by atoms with van der Waals surface area (Å²) in [6, 6.07) is 5.52. The monoisotopic (exact) mass is 306 g/mol. The van der Waals surface area contributed by atoms with Crippen LogP contribution in [0.3, 0.4) is 0 Å². The molecule has 0 spiro atoms. The lowest BCUT2D eigenvalue weighted by Gasteiger charge is -2.34. The molecule has 2 fully saturated rings. The summed E-state index contributed by atoms with van der Waals surface area (Å²) in [6.07, 6.45) is 4.43. The lowest BCUT2D eigenvalue weighted by Crippen LogP contribution is -2.39. The van der Waals surface area contributed by atoms with Gasteiger partial charge in [0.2, 0.25) is 0 Å². The number of carboxylic acids is 1. The molecule has 1 heterocycles. The van der Waals surface area contributed by atoms with Crippen LogP contribution in [-0.4, -0.2) is 37.5 Å². The van der Waals surface area contributed by atoms with Crippen LogP contribution in [0.2, 0.25) is 0 Å². The largest absolute Gasteiger partial charge is 0.493 e. The minimum absolute atomic E-state index is 0.0582.